The Morgan fingerprint density at radius 1 is 1.27 bits per heavy atom. The van der Waals surface area contributed by atoms with Gasteiger partial charge in [0.1, 0.15) is 17.7 Å². The second kappa shape index (κ2) is 6.87. The van der Waals surface area contributed by atoms with Gasteiger partial charge in [-0.3, -0.25) is 0 Å². The van der Waals surface area contributed by atoms with Gasteiger partial charge in [0.2, 0.25) is 0 Å². The molecule has 0 unspecified atom stereocenters. The van der Waals surface area contributed by atoms with Crippen LogP contribution in [-0.2, 0) is 0 Å². The largest absolute Gasteiger partial charge is 0.192 e. The number of halogens is 1. The van der Waals surface area contributed by atoms with E-state index in [1.807, 2.05) is 26.0 Å². The van der Waals surface area contributed by atoms with Crippen LogP contribution < -0.4 is 0 Å². The molecule has 0 amide bonds. The van der Waals surface area contributed by atoms with Gasteiger partial charge < -0.3 is 0 Å². The average Bonchev–Trinajstić information content (AvgIpc) is 2.22. The van der Waals surface area contributed by atoms with Gasteiger partial charge in [-0.1, -0.05) is 32.0 Å². The van der Waals surface area contributed by atoms with E-state index in [2.05, 4.69) is 6.58 Å². The van der Waals surface area contributed by atoms with Gasteiger partial charge in [-0.2, -0.15) is 10.5 Å². The summed E-state index contributed by atoms with van der Waals surface area (Å²) in [6.07, 6.45) is 3.07. The van der Waals surface area contributed by atoms with Gasteiger partial charge in [-0.15, -0.1) is 0 Å². The predicted molar refractivity (Wildman–Crippen MR) is 61.9 cm³/mol. The lowest BCUT2D eigenvalue weighted by molar-refractivity contribution is 1.02. The van der Waals surface area contributed by atoms with Crippen LogP contribution in [-0.4, -0.2) is 0 Å². The summed E-state index contributed by atoms with van der Waals surface area (Å²) in [5.41, 5.74) is 1.81. The molecular weight excluding hydrogens is 208 g/mol. The summed E-state index contributed by atoms with van der Waals surface area (Å²) in [5, 5.41) is 18.0. The maximum atomic E-state index is 8.79. The molecule has 3 heteroatoms. The Bertz CT molecular complexity index is 373. The van der Waals surface area contributed by atoms with Crippen LogP contribution in [0.25, 0.3) is 0 Å². The second-order valence-corrected chi connectivity index (χ2v) is 3.39. The summed E-state index contributed by atoms with van der Waals surface area (Å²) < 4.78 is 0. The Labute approximate surface area is 95.8 Å². The molecule has 0 aliphatic rings. The Kier molecular flexibility index (Phi) is 6.18. The van der Waals surface area contributed by atoms with Crippen molar-refractivity contribution in [1.82, 2.24) is 0 Å². The number of rotatable bonds is 4. The van der Waals surface area contributed by atoms with Gasteiger partial charge in [-0.05, 0) is 30.1 Å². The van der Waals surface area contributed by atoms with Crippen molar-refractivity contribution in [2.24, 2.45) is 0 Å². The number of nitrogens with zero attached hydrogens (tertiary/aromatic N) is 2. The van der Waals surface area contributed by atoms with Crippen molar-refractivity contribution < 1.29 is 0 Å². The van der Waals surface area contributed by atoms with Crippen LogP contribution in [0.5, 0.6) is 0 Å². The molecule has 0 atom stereocenters. The molecule has 0 aromatic carbocycles. The molecule has 0 bridgehead atoms. The topological polar surface area (TPSA) is 47.6 Å². The van der Waals surface area contributed by atoms with Crippen LogP contribution in [0, 0.1) is 22.7 Å². The Hall–Kier alpha value is -1.51. The minimum absolute atomic E-state index is 0.156. The number of hydrogen-bond donors (Lipinski definition) is 0. The normalized spacial score (nSPS) is 10.1. The van der Waals surface area contributed by atoms with Crippen LogP contribution >= 0.6 is 11.6 Å². The lowest BCUT2D eigenvalue weighted by Gasteiger charge is -2.07. The molecule has 15 heavy (non-hydrogen) atoms. The summed E-state index contributed by atoms with van der Waals surface area (Å²) in [7, 11) is 0. The highest BCUT2D eigenvalue weighted by Gasteiger charge is 2.08. The molecule has 0 saturated carbocycles. The highest BCUT2D eigenvalue weighted by atomic mass is 35.5. The van der Waals surface area contributed by atoms with Crippen molar-refractivity contribution in [1.29, 1.82) is 10.5 Å². The fraction of sp³-hybridized carbons (Fsp3) is 0.333. The Balaban J connectivity index is 5.50. The fourth-order valence-electron chi connectivity index (χ4n) is 1.32. The second-order valence-electron chi connectivity index (χ2n) is 2.90. The number of allylic oxidation sites excluding steroid dienone is 5. The van der Waals surface area contributed by atoms with Crippen molar-refractivity contribution >= 4 is 11.6 Å². The molecule has 0 aromatic heterocycles. The van der Waals surface area contributed by atoms with Gasteiger partial charge in [0, 0.05) is 5.03 Å². The maximum Gasteiger partial charge on any atom is 0.133 e. The first-order valence-electron chi connectivity index (χ1n) is 4.69. The van der Waals surface area contributed by atoms with Crippen molar-refractivity contribution in [2.45, 2.75) is 26.7 Å². The van der Waals surface area contributed by atoms with Crippen molar-refractivity contribution in [2.75, 3.05) is 0 Å². The SMILES string of the molecule is C=C(Cl)/C=C(\CC)C(CC)=C(C#N)C#N. The molecular formula is C12H13ClN2. The molecule has 0 fully saturated rings. The average molecular weight is 221 g/mol. The van der Waals surface area contributed by atoms with Crippen LogP contribution in [0.15, 0.2) is 34.4 Å². The van der Waals surface area contributed by atoms with E-state index < -0.39 is 0 Å². The first-order valence-corrected chi connectivity index (χ1v) is 5.07. The third kappa shape index (κ3) is 4.02. The molecule has 0 heterocycles. The smallest absolute Gasteiger partial charge is 0.133 e. The third-order valence-corrected chi connectivity index (χ3v) is 2.09. The van der Waals surface area contributed by atoms with Crippen molar-refractivity contribution in [3.63, 3.8) is 0 Å². The minimum atomic E-state index is 0.156. The molecule has 0 rings (SSSR count). The predicted octanol–water partition coefficient (Wildman–Crippen LogP) is 3.83. The van der Waals surface area contributed by atoms with Gasteiger partial charge in [-0.25, -0.2) is 0 Å². The summed E-state index contributed by atoms with van der Waals surface area (Å²) in [5.74, 6) is 0. The molecule has 0 N–H and O–H groups in total. The van der Waals surface area contributed by atoms with Crippen molar-refractivity contribution in [3.05, 3.63) is 34.4 Å². The fourth-order valence-corrected chi connectivity index (χ4v) is 1.45. The monoisotopic (exact) mass is 220 g/mol. The van der Waals surface area contributed by atoms with E-state index in [0.29, 0.717) is 11.5 Å². The highest BCUT2D eigenvalue weighted by molar-refractivity contribution is 6.30. The van der Waals surface area contributed by atoms with Crippen LogP contribution in [0.4, 0.5) is 0 Å². The molecule has 0 radical (unpaired) electrons. The number of nitriles is 2. The van der Waals surface area contributed by atoms with Crippen LogP contribution in [0.2, 0.25) is 0 Å². The molecule has 0 aliphatic carbocycles. The van der Waals surface area contributed by atoms with Gasteiger partial charge in [0.15, 0.2) is 0 Å². The molecule has 2 nitrogen and oxygen atoms in total. The highest BCUT2D eigenvalue weighted by Crippen LogP contribution is 2.23. The summed E-state index contributed by atoms with van der Waals surface area (Å²) >= 11 is 5.68. The maximum absolute atomic E-state index is 8.79. The lowest BCUT2D eigenvalue weighted by Crippen LogP contribution is -1.92. The molecule has 0 spiro atoms. The molecule has 0 aromatic rings. The molecule has 78 valence electrons. The van der Waals surface area contributed by atoms with E-state index >= 15 is 0 Å². The van der Waals surface area contributed by atoms with Gasteiger partial charge in [0.05, 0.1) is 0 Å². The standard InChI is InChI=1S/C12H13ClN2/c1-4-10(6-9(3)13)12(5-2)11(7-14)8-15/h6H,3-5H2,1-2H3/b10-6+. The van der Waals surface area contributed by atoms with E-state index in [0.717, 1.165) is 17.6 Å². The van der Waals surface area contributed by atoms with Crippen LogP contribution in [0.1, 0.15) is 26.7 Å². The van der Waals surface area contributed by atoms with E-state index in [1.54, 1.807) is 6.08 Å². The zero-order valence-electron chi connectivity index (χ0n) is 8.97. The zero-order valence-corrected chi connectivity index (χ0v) is 9.73. The minimum Gasteiger partial charge on any atom is -0.192 e. The zero-order chi connectivity index (χ0) is 11.8. The summed E-state index contributed by atoms with van der Waals surface area (Å²) in [6.45, 7) is 7.43. The van der Waals surface area contributed by atoms with Crippen LogP contribution in [0.3, 0.4) is 0 Å². The molecule has 0 aliphatic heterocycles. The third-order valence-electron chi connectivity index (χ3n) is 1.98. The van der Waals surface area contributed by atoms with E-state index in [1.165, 1.54) is 0 Å². The van der Waals surface area contributed by atoms with E-state index in [4.69, 9.17) is 22.1 Å². The van der Waals surface area contributed by atoms with Gasteiger partial charge >= 0.3 is 0 Å². The molecule has 0 saturated heterocycles. The summed E-state index contributed by atoms with van der Waals surface area (Å²) in [4.78, 5) is 0. The Morgan fingerprint density at radius 3 is 2.07 bits per heavy atom. The first kappa shape index (κ1) is 13.5. The van der Waals surface area contributed by atoms with Gasteiger partial charge in [0.25, 0.3) is 0 Å². The summed E-state index contributed by atoms with van der Waals surface area (Å²) in [6, 6.07) is 3.79. The van der Waals surface area contributed by atoms with Crippen molar-refractivity contribution in [3.8, 4) is 12.1 Å². The quantitative estimate of drug-likeness (QED) is 0.534. The van der Waals surface area contributed by atoms with E-state index in [-0.39, 0.29) is 5.57 Å². The van der Waals surface area contributed by atoms with E-state index in [9.17, 15) is 0 Å². The first-order chi connectivity index (χ1) is 7.10. The Morgan fingerprint density at radius 2 is 1.80 bits per heavy atom. The number of hydrogen-bond acceptors (Lipinski definition) is 2. The lowest BCUT2D eigenvalue weighted by atomic mass is 9.96.